The van der Waals surface area contributed by atoms with Crippen molar-refractivity contribution >= 4 is 17.8 Å². The summed E-state index contributed by atoms with van der Waals surface area (Å²) in [7, 11) is 0. The lowest BCUT2D eigenvalue weighted by molar-refractivity contribution is -0.152. The molecule has 0 aromatic carbocycles. The van der Waals surface area contributed by atoms with Gasteiger partial charge in [-0.25, -0.2) is 9.78 Å². The maximum atomic E-state index is 12.0. The molecular formula is C13H17N3O6. The van der Waals surface area contributed by atoms with Crippen molar-refractivity contribution in [3.05, 3.63) is 28.4 Å². The number of aromatic amines is 1. The molecule has 0 aliphatic carbocycles. The van der Waals surface area contributed by atoms with E-state index >= 15 is 0 Å². The summed E-state index contributed by atoms with van der Waals surface area (Å²) in [6, 6.07) is -1.26. The predicted molar refractivity (Wildman–Crippen MR) is 74.0 cm³/mol. The number of nitrogens with one attached hydrogen (secondary N) is 2. The number of ether oxygens (including phenoxy) is 2. The summed E-state index contributed by atoms with van der Waals surface area (Å²) < 4.78 is 9.51. The maximum absolute atomic E-state index is 12.0. The highest BCUT2D eigenvalue weighted by Crippen LogP contribution is 2.00. The second-order valence-electron chi connectivity index (χ2n) is 4.05. The SMILES string of the molecule is CCOC(=O)C[C@H](NC(=O)c1ncc[nH]c1=O)C(=O)OCC. The Labute approximate surface area is 126 Å². The van der Waals surface area contributed by atoms with Crippen LogP contribution in [0, 0.1) is 0 Å². The van der Waals surface area contributed by atoms with Crippen LogP contribution in [0.25, 0.3) is 0 Å². The second-order valence-corrected chi connectivity index (χ2v) is 4.05. The summed E-state index contributed by atoms with van der Waals surface area (Å²) in [5, 5.41) is 2.25. The van der Waals surface area contributed by atoms with Crippen LogP contribution in [-0.2, 0) is 19.1 Å². The van der Waals surface area contributed by atoms with Crippen molar-refractivity contribution in [2.24, 2.45) is 0 Å². The number of H-pyrrole nitrogens is 1. The van der Waals surface area contributed by atoms with Gasteiger partial charge in [-0.2, -0.15) is 0 Å². The third-order valence-corrected chi connectivity index (χ3v) is 2.48. The van der Waals surface area contributed by atoms with Crippen LogP contribution in [0.15, 0.2) is 17.2 Å². The van der Waals surface area contributed by atoms with Crippen LogP contribution in [0.5, 0.6) is 0 Å². The zero-order valence-corrected chi connectivity index (χ0v) is 12.3. The zero-order valence-electron chi connectivity index (χ0n) is 12.3. The summed E-state index contributed by atoms with van der Waals surface area (Å²) >= 11 is 0. The highest BCUT2D eigenvalue weighted by atomic mass is 16.5. The van der Waals surface area contributed by atoms with E-state index in [0.29, 0.717) is 0 Å². The molecule has 9 nitrogen and oxygen atoms in total. The molecule has 22 heavy (non-hydrogen) atoms. The summed E-state index contributed by atoms with van der Waals surface area (Å²) in [5.74, 6) is -2.35. The molecule has 1 aromatic rings. The maximum Gasteiger partial charge on any atom is 0.329 e. The van der Waals surface area contributed by atoms with E-state index in [0.717, 1.165) is 0 Å². The summed E-state index contributed by atoms with van der Waals surface area (Å²) in [6.45, 7) is 3.42. The smallest absolute Gasteiger partial charge is 0.329 e. The average molecular weight is 311 g/mol. The Bertz CT molecular complexity index is 597. The molecule has 1 amide bonds. The Morgan fingerprint density at radius 3 is 2.55 bits per heavy atom. The van der Waals surface area contributed by atoms with Crippen molar-refractivity contribution in [2.45, 2.75) is 26.3 Å². The van der Waals surface area contributed by atoms with Gasteiger partial charge in [-0.1, -0.05) is 0 Å². The molecule has 0 spiro atoms. The molecule has 0 saturated carbocycles. The van der Waals surface area contributed by atoms with Crippen LogP contribution < -0.4 is 10.9 Å². The molecule has 0 saturated heterocycles. The number of esters is 2. The van der Waals surface area contributed by atoms with Gasteiger partial charge in [0.05, 0.1) is 19.6 Å². The van der Waals surface area contributed by atoms with Crippen molar-refractivity contribution < 1.29 is 23.9 Å². The number of carbonyl (C=O) groups excluding carboxylic acids is 3. The van der Waals surface area contributed by atoms with E-state index in [1.54, 1.807) is 13.8 Å². The normalized spacial score (nSPS) is 11.4. The van der Waals surface area contributed by atoms with Gasteiger partial charge in [-0.3, -0.25) is 14.4 Å². The van der Waals surface area contributed by atoms with Crippen molar-refractivity contribution in [3.8, 4) is 0 Å². The molecule has 0 unspecified atom stereocenters. The molecule has 2 N–H and O–H groups in total. The number of hydrogen-bond acceptors (Lipinski definition) is 7. The molecule has 0 aliphatic heterocycles. The third kappa shape index (κ3) is 5.00. The first-order chi connectivity index (χ1) is 10.5. The van der Waals surface area contributed by atoms with E-state index < -0.39 is 41.6 Å². The molecular weight excluding hydrogens is 294 g/mol. The van der Waals surface area contributed by atoms with Gasteiger partial charge in [-0.15, -0.1) is 0 Å². The first kappa shape index (κ1) is 17.3. The topological polar surface area (TPSA) is 127 Å². The van der Waals surface area contributed by atoms with Crippen LogP contribution in [0.1, 0.15) is 30.8 Å². The molecule has 120 valence electrons. The number of amides is 1. The fourth-order valence-corrected chi connectivity index (χ4v) is 1.56. The Morgan fingerprint density at radius 1 is 1.27 bits per heavy atom. The Morgan fingerprint density at radius 2 is 1.95 bits per heavy atom. The predicted octanol–water partition coefficient (Wildman–Crippen LogP) is -0.615. The van der Waals surface area contributed by atoms with Gasteiger partial charge in [0.2, 0.25) is 0 Å². The van der Waals surface area contributed by atoms with Crippen LogP contribution in [-0.4, -0.2) is 47.1 Å². The molecule has 0 fully saturated rings. The molecule has 1 heterocycles. The van der Waals surface area contributed by atoms with Crippen molar-refractivity contribution in [2.75, 3.05) is 13.2 Å². The monoisotopic (exact) mass is 311 g/mol. The molecule has 1 atom stereocenters. The van der Waals surface area contributed by atoms with E-state index in [2.05, 4.69) is 15.3 Å². The van der Waals surface area contributed by atoms with E-state index in [-0.39, 0.29) is 13.2 Å². The summed E-state index contributed by atoms with van der Waals surface area (Å²) in [5.41, 5.74) is -1.13. The standard InChI is InChI=1S/C13H17N3O6/c1-3-21-9(17)7-8(13(20)22-4-2)16-12(19)10-11(18)15-6-5-14-10/h5-6,8H,3-4,7H2,1-2H3,(H,15,18)(H,16,19)/t8-/m0/s1. The summed E-state index contributed by atoms with van der Waals surface area (Å²) in [6.07, 6.45) is 2.09. The molecule has 9 heteroatoms. The minimum Gasteiger partial charge on any atom is -0.466 e. The van der Waals surface area contributed by atoms with Gasteiger partial charge in [0.25, 0.3) is 11.5 Å². The molecule has 0 aliphatic rings. The van der Waals surface area contributed by atoms with Crippen LogP contribution in [0.4, 0.5) is 0 Å². The quantitative estimate of drug-likeness (QED) is 0.642. The van der Waals surface area contributed by atoms with Gasteiger partial charge in [0.1, 0.15) is 6.04 Å². The first-order valence-electron chi connectivity index (χ1n) is 6.66. The fraction of sp³-hybridized carbons (Fsp3) is 0.462. The number of hydrogen-bond donors (Lipinski definition) is 2. The lowest BCUT2D eigenvalue weighted by Crippen LogP contribution is -2.45. The van der Waals surface area contributed by atoms with Crippen molar-refractivity contribution in [1.29, 1.82) is 0 Å². The van der Waals surface area contributed by atoms with Gasteiger partial charge in [0.15, 0.2) is 5.69 Å². The van der Waals surface area contributed by atoms with E-state index in [1.165, 1.54) is 12.4 Å². The number of nitrogens with zero attached hydrogens (tertiary/aromatic N) is 1. The number of rotatable bonds is 7. The minimum atomic E-state index is -1.26. The van der Waals surface area contributed by atoms with Crippen LogP contribution >= 0.6 is 0 Å². The van der Waals surface area contributed by atoms with E-state index in [1.807, 2.05) is 0 Å². The van der Waals surface area contributed by atoms with Crippen molar-refractivity contribution in [1.82, 2.24) is 15.3 Å². The largest absolute Gasteiger partial charge is 0.466 e. The highest BCUT2D eigenvalue weighted by molar-refractivity contribution is 5.95. The lowest BCUT2D eigenvalue weighted by atomic mass is 10.2. The van der Waals surface area contributed by atoms with E-state index in [9.17, 15) is 19.2 Å². The molecule has 1 aromatic heterocycles. The molecule has 0 bridgehead atoms. The molecule has 0 radical (unpaired) electrons. The van der Waals surface area contributed by atoms with Crippen LogP contribution in [0.3, 0.4) is 0 Å². The Kier molecular flexibility index (Phi) is 6.74. The fourth-order valence-electron chi connectivity index (χ4n) is 1.56. The number of aromatic nitrogens is 2. The van der Waals surface area contributed by atoms with Crippen LogP contribution in [0.2, 0.25) is 0 Å². The van der Waals surface area contributed by atoms with Gasteiger partial charge in [0, 0.05) is 12.4 Å². The minimum absolute atomic E-state index is 0.0815. The number of carbonyl (C=O) groups is 3. The van der Waals surface area contributed by atoms with Gasteiger partial charge >= 0.3 is 11.9 Å². The van der Waals surface area contributed by atoms with Gasteiger partial charge < -0.3 is 19.8 Å². The first-order valence-corrected chi connectivity index (χ1v) is 6.66. The highest BCUT2D eigenvalue weighted by Gasteiger charge is 2.27. The molecule has 1 rings (SSSR count). The summed E-state index contributed by atoms with van der Waals surface area (Å²) in [4.78, 5) is 52.6. The second kappa shape index (κ2) is 8.55. The lowest BCUT2D eigenvalue weighted by Gasteiger charge is -2.16. The zero-order chi connectivity index (χ0) is 16.5. The Hall–Kier alpha value is -2.71. The average Bonchev–Trinajstić information content (AvgIpc) is 2.47. The van der Waals surface area contributed by atoms with Gasteiger partial charge in [-0.05, 0) is 13.8 Å². The van der Waals surface area contributed by atoms with E-state index in [4.69, 9.17) is 9.47 Å². The third-order valence-electron chi connectivity index (χ3n) is 2.48. The Balaban J connectivity index is 2.85. The van der Waals surface area contributed by atoms with Crippen molar-refractivity contribution in [3.63, 3.8) is 0 Å².